The fourth-order valence-electron chi connectivity index (χ4n) is 1.44. The Morgan fingerprint density at radius 3 is 2.21 bits per heavy atom. The zero-order chi connectivity index (χ0) is 13.9. The van der Waals surface area contributed by atoms with Crippen LogP contribution >= 0.6 is 34.5 Å². The van der Waals surface area contributed by atoms with Crippen LogP contribution in [0.5, 0.6) is 0 Å². The monoisotopic (exact) mass is 335 g/mol. The van der Waals surface area contributed by atoms with E-state index in [1.165, 1.54) is 6.07 Å². The van der Waals surface area contributed by atoms with E-state index in [4.69, 9.17) is 23.2 Å². The summed E-state index contributed by atoms with van der Waals surface area (Å²) in [5.41, 5.74) is 1.87. The standard InChI is InChI=1S/C12H11Cl2NO2S2/c13-7-9-1-3-10(4-2-9)8-15-19(16,17)12-6-5-11(14)18-12/h1-6,15H,7-8H2. The van der Waals surface area contributed by atoms with E-state index in [9.17, 15) is 8.42 Å². The summed E-state index contributed by atoms with van der Waals surface area (Å²) in [7, 11) is -3.50. The maximum atomic E-state index is 12.0. The first-order valence-electron chi connectivity index (χ1n) is 5.40. The number of rotatable bonds is 5. The topological polar surface area (TPSA) is 46.2 Å². The molecular weight excluding hydrogens is 325 g/mol. The number of hydrogen-bond donors (Lipinski definition) is 1. The SMILES string of the molecule is O=S(=O)(NCc1ccc(CCl)cc1)c1ccc(Cl)s1. The van der Waals surface area contributed by atoms with Gasteiger partial charge in [0.05, 0.1) is 4.34 Å². The summed E-state index contributed by atoms with van der Waals surface area (Å²) in [6, 6.07) is 10.5. The van der Waals surface area contributed by atoms with Crippen LogP contribution in [0.1, 0.15) is 11.1 Å². The molecule has 0 aliphatic heterocycles. The highest BCUT2D eigenvalue weighted by Gasteiger charge is 2.15. The van der Waals surface area contributed by atoms with Gasteiger partial charge in [0.1, 0.15) is 4.21 Å². The predicted molar refractivity (Wildman–Crippen MR) is 79.4 cm³/mol. The second kappa shape index (κ2) is 6.24. The minimum absolute atomic E-state index is 0.217. The Bertz CT molecular complexity index is 651. The number of halogens is 2. The minimum atomic E-state index is -3.50. The summed E-state index contributed by atoms with van der Waals surface area (Å²) < 4.78 is 27.1. The molecule has 0 aliphatic rings. The van der Waals surface area contributed by atoms with Crippen LogP contribution in [-0.2, 0) is 22.4 Å². The van der Waals surface area contributed by atoms with Crippen molar-refractivity contribution in [3.05, 3.63) is 51.9 Å². The number of benzene rings is 1. The number of alkyl halides is 1. The maximum Gasteiger partial charge on any atom is 0.250 e. The molecule has 0 unspecified atom stereocenters. The lowest BCUT2D eigenvalue weighted by Gasteiger charge is -2.05. The van der Waals surface area contributed by atoms with E-state index in [1.54, 1.807) is 6.07 Å². The molecular formula is C12H11Cl2NO2S2. The molecule has 102 valence electrons. The van der Waals surface area contributed by atoms with Gasteiger partial charge in [0.25, 0.3) is 0 Å². The van der Waals surface area contributed by atoms with E-state index < -0.39 is 10.0 Å². The van der Waals surface area contributed by atoms with E-state index in [0.29, 0.717) is 10.2 Å². The Hall–Kier alpha value is -0.590. The Morgan fingerprint density at radius 2 is 1.68 bits per heavy atom. The summed E-state index contributed by atoms with van der Waals surface area (Å²) in [5.74, 6) is 0.444. The highest BCUT2D eigenvalue weighted by atomic mass is 35.5. The Kier molecular flexibility index (Phi) is 4.86. The van der Waals surface area contributed by atoms with Crippen molar-refractivity contribution in [2.75, 3.05) is 0 Å². The predicted octanol–water partition coefficient (Wildman–Crippen LogP) is 3.62. The normalized spacial score (nSPS) is 11.7. The average molecular weight is 336 g/mol. The Balaban J connectivity index is 2.05. The van der Waals surface area contributed by atoms with Crippen LogP contribution in [-0.4, -0.2) is 8.42 Å². The van der Waals surface area contributed by atoms with Gasteiger partial charge in [0.15, 0.2) is 0 Å². The second-order valence-electron chi connectivity index (χ2n) is 3.83. The molecule has 1 aromatic carbocycles. The van der Waals surface area contributed by atoms with Gasteiger partial charge >= 0.3 is 0 Å². The summed E-state index contributed by atoms with van der Waals surface area (Å²) in [6.07, 6.45) is 0. The van der Waals surface area contributed by atoms with Gasteiger partial charge in [0, 0.05) is 12.4 Å². The number of nitrogens with one attached hydrogen (secondary N) is 1. The quantitative estimate of drug-likeness (QED) is 0.848. The van der Waals surface area contributed by atoms with Gasteiger partial charge in [-0.05, 0) is 23.3 Å². The lowest BCUT2D eigenvalue weighted by atomic mass is 10.1. The first-order chi connectivity index (χ1) is 9.01. The third-order valence-electron chi connectivity index (χ3n) is 2.46. The Labute approximate surface area is 126 Å². The number of hydrogen-bond acceptors (Lipinski definition) is 3. The van der Waals surface area contributed by atoms with Crippen LogP contribution in [0.2, 0.25) is 4.34 Å². The molecule has 19 heavy (non-hydrogen) atoms. The second-order valence-corrected chi connectivity index (χ2v) is 7.81. The fourth-order valence-corrected chi connectivity index (χ4v) is 4.16. The van der Waals surface area contributed by atoms with Crippen LogP contribution in [0, 0.1) is 0 Å². The first kappa shape index (κ1) is 14.8. The zero-order valence-corrected chi connectivity index (χ0v) is 12.9. The molecule has 2 aromatic rings. The van der Waals surface area contributed by atoms with Crippen molar-refractivity contribution in [1.29, 1.82) is 0 Å². The van der Waals surface area contributed by atoms with Crippen LogP contribution < -0.4 is 4.72 Å². The largest absolute Gasteiger partial charge is 0.250 e. The molecule has 0 saturated carbocycles. The van der Waals surface area contributed by atoms with Crippen LogP contribution in [0.3, 0.4) is 0 Å². The van der Waals surface area contributed by atoms with Crippen LogP contribution in [0.15, 0.2) is 40.6 Å². The van der Waals surface area contributed by atoms with Crippen molar-refractivity contribution in [3.63, 3.8) is 0 Å². The molecule has 7 heteroatoms. The van der Waals surface area contributed by atoms with Gasteiger partial charge < -0.3 is 0 Å². The van der Waals surface area contributed by atoms with Crippen molar-refractivity contribution in [2.45, 2.75) is 16.6 Å². The smallest absolute Gasteiger partial charge is 0.206 e. The minimum Gasteiger partial charge on any atom is -0.206 e. The van der Waals surface area contributed by atoms with E-state index in [-0.39, 0.29) is 10.8 Å². The Morgan fingerprint density at radius 1 is 1.05 bits per heavy atom. The molecule has 0 atom stereocenters. The van der Waals surface area contributed by atoms with Crippen molar-refractivity contribution in [1.82, 2.24) is 4.72 Å². The molecule has 0 spiro atoms. The van der Waals surface area contributed by atoms with Gasteiger partial charge in [-0.15, -0.1) is 22.9 Å². The fraction of sp³-hybridized carbons (Fsp3) is 0.167. The van der Waals surface area contributed by atoms with E-state index >= 15 is 0 Å². The van der Waals surface area contributed by atoms with Crippen molar-refractivity contribution >= 4 is 44.6 Å². The average Bonchev–Trinajstić information content (AvgIpc) is 2.85. The number of sulfonamides is 1. The maximum absolute atomic E-state index is 12.0. The molecule has 0 amide bonds. The van der Waals surface area contributed by atoms with Crippen LogP contribution in [0.25, 0.3) is 0 Å². The third-order valence-corrected chi connectivity index (χ3v) is 5.89. The van der Waals surface area contributed by atoms with Gasteiger partial charge in [-0.25, -0.2) is 13.1 Å². The summed E-state index contributed by atoms with van der Waals surface area (Å²) in [6.45, 7) is 0.237. The molecule has 0 saturated heterocycles. The first-order valence-corrected chi connectivity index (χ1v) is 8.61. The van der Waals surface area contributed by atoms with Crippen LogP contribution in [0.4, 0.5) is 0 Å². The van der Waals surface area contributed by atoms with E-state index in [2.05, 4.69) is 4.72 Å². The molecule has 1 heterocycles. The highest BCUT2D eigenvalue weighted by Crippen LogP contribution is 2.25. The molecule has 1 aromatic heterocycles. The lowest BCUT2D eigenvalue weighted by Crippen LogP contribution is -2.22. The summed E-state index contributed by atoms with van der Waals surface area (Å²) in [5, 5.41) is 0. The molecule has 1 N–H and O–H groups in total. The summed E-state index contributed by atoms with van der Waals surface area (Å²) >= 11 is 12.5. The molecule has 0 fully saturated rings. The zero-order valence-electron chi connectivity index (χ0n) is 9.77. The van der Waals surface area contributed by atoms with Gasteiger partial charge in [0.2, 0.25) is 10.0 Å². The molecule has 2 rings (SSSR count). The molecule has 3 nitrogen and oxygen atoms in total. The lowest BCUT2D eigenvalue weighted by molar-refractivity contribution is 0.583. The van der Waals surface area contributed by atoms with Gasteiger partial charge in [-0.2, -0.15) is 0 Å². The van der Waals surface area contributed by atoms with Crippen molar-refractivity contribution in [2.24, 2.45) is 0 Å². The molecule has 0 bridgehead atoms. The van der Waals surface area contributed by atoms with Crippen molar-refractivity contribution in [3.8, 4) is 0 Å². The molecule has 0 radical (unpaired) electrons. The summed E-state index contributed by atoms with van der Waals surface area (Å²) in [4.78, 5) is 0. The molecule has 0 aliphatic carbocycles. The highest BCUT2D eigenvalue weighted by molar-refractivity contribution is 7.91. The van der Waals surface area contributed by atoms with Gasteiger partial charge in [-0.3, -0.25) is 0 Å². The van der Waals surface area contributed by atoms with Crippen molar-refractivity contribution < 1.29 is 8.42 Å². The van der Waals surface area contributed by atoms with E-state index in [0.717, 1.165) is 22.5 Å². The third kappa shape index (κ3) is 3.94. The number of thiophene rings is 1. The van der Waals surface area contributed by atoms with Gasteiger partial charge in [-0.1, -0.05) is 35.9 Å². The van der Waals surface area contributed by atoms with E-state index in [1.807, 2.05) is 24.3 Å².